The van der Waals surface area contributed by atoms with Crippen LogP contribution in [0.1, 0.15) is 0 Å². The number of hydrogen-bond acceptors (Lipinski definition) is 2. The number of hydrogen-bond donors (Lipinski definition) is 0. The summed E-state index contributed by atoms with van der Waals surface area (Å²) in [6, 6.07) is -1.62. The zero-order valence-electron chi connectivity index (χ0n) is 5.00. The van der Waals surface area contributed by atoms with Crippen LogP contribution in [0.2, 0.25) is 0 Å². The number of amides is 4. The van der Waals surface area contributed by atoms with Crippen molar-refractivity contribution in [3.63, 3.8) is 0 Å². The predicted molar refractivity (Wildman–Crippen MR) is 38.7 cm³/mol. The summed E-state index contributed by atoms with van der Waals surface area (Å²) in [4.78, 5) is 21.5. The number of imide groups is 1. The molecule has 11 heavy (non-hydrogen) atoms. The van der Waals surface area contributed by atoms with Crippen molar-refractivity contribution in [3.8, 4) is 0 Å². The van der Waals surface area contributed by atoms with E-state index in [4.69, 9.17) is 35.3 Å². The molecule has 0 aromatic rings. The molecule has 1 saturated heterocycles. The fourth-order valence-corrected chi connectivity index (χ4v) is 1.18. The fraction of sp³-hybridized carbons (Fsp3) is 0.333. The van der Waals surface area contributed by atoms with Crippen molar-refractivity contribution in [2.24, 2.45) is 0 Å². The minimum atomic E-state index is -0.810. The molecule has 0 aliphatic carbocycles. The van der Waals surface area contributed by atoms with E-state index in [1.54, 1.807) is 0 Å². The first-order valence-corrected chi connectivity index (χ1v) is 3.46. The summed E-state index contributed by atoms with van der Waals surface area (Å²) in [6.45, 7) is -0.190. The van der Waals surface area contributed by atoms with Gasteiger partial charge in [-0.1, -0.05) is 0 Å². The first-order chi connectivity index (χ1) is 5.04. The van der Waals surface area contributed by atoms with Crippen LogP contribution in [-0.2, 0) is 0 Å². The van der Waals surface area contributed by atoms with Gasteiger partial charge in [0.2, 0.25) is 0 Å². The minimum absolute atomic E-state index is 0.190. The maximum Gasteiger partial charge on any atom is 0.359 e. The largest absolute Gasteiger partial charge is 0.359 e. The highest BCUT2D eigenvalue weighted by Gasteiger charge is 2.35. The lowest BCUT2D eigenvalue weighted by molar-refractivity contribution is 0.159. The van der Waals surface area contributed by atoms with Gasteiger partial charge in [0.1, 0.15) is 6.67 Å². The van der Waals surface area contributed by atoms with Crippen molar-refractivity contribution >= 4 is 47.4 Å². The summed E-state index contributed by atoms with van der Waals surface area (Å²) >= 11 is 15.8. The van der Waals surface area contributed by atoms with Crippen molar-refractivity contribution < 1.29 is 9.59 Å². The highest BCUT2D eigenvalue weighted by atomic mass is 35.5. The highest BCUT2D eigenvalue weighted by molar-refractivity contribution is 6.37. The molecule has 1 aliphatic rings. The second-order valence-electron chi connectivity index (χ2n) is 1.71. The zero-order valence-corrected chi connectivity index (χ0v) is 7.27. The second-order valence-corrected chi connectivity index (χ2v) is 2.87. The average Bonchev–Trinajstić information content (AvgIpc) is 1.97. The topological polar surface area (TPSA) is 43.9 Å². The third-order valence-corrected chi connectivity index (χ3v) is 1.79. The van der Waals surface area contributed by atoms with E-state index < -0.39 is 12.1 Å². The Balaban J connectivity index is 2.79. The molecular formula is C3H2Cl3N3O2. The van der Waals surface area contributed by atoms with Gasteiger partial charge in [-0.2, -0.15) is 0 Å². The maximum atomic E-state index is 10.8. The van der Waals surface area contributed by atoms with E-state index in [0.29, 0.717) is 13.3 Å². The van der Waals surface area contributed by atoms with Gasteiger partial charge in [-0.05, 0) is 0 Å². The van der Waals surface area contributed by atoms with Crippen LogP contribution in [0.4, 0.5) is 9.59 Å². The molecule has 0 atom stereocenters. The molecule has 0 saturated carbocycles. The van der Waals surface area contributed by atoms with Crippen LogP contribution >= 0.6 is 35.3 Å². The SMILES string of the molecule is O=C1N(Cl)CN(Cl)C(=O)N1Cl. The predicted octanol–water partition coefficient (Wildman–Crippen LogP) is 1.56. The highest BCUT2D eigenvalue weighted by Crippen LogP contribution is 2.17. The van der Waals surface area contributed by atoms with Gasteiger partial charge in [-0.3, -0.25) is 0 Å². The molecule has 1 heterocycles. The molecule has 0 aromatic carbocycles. The summed E-state index contributed by atoms with van der Waals surface area (Å²) in [7, 11) is 0. The number of carbonyl (C=O) groups is 2. The monoisotopic (exact) mass is 217 g/mol. The first kappa shape index (κ1) is 8.70. The first-order valence-electron chi connectivity index (χ1n) is 2.44. The molecule has 1 fully saturated rings. The Morgan fingerprint density at radius 2 is 1.36 bits per heavy atom. The molecule has 0 radical (unpaired) electrons. The molecule has 0 N–H and O–H groups in total. The maximum absolute atomic E-state index is 10.8. The van der Waals surface area contributed by atoms with Gasteiger partial charge < -0.3 is 0 Å². The van der Waals surface area contributed by atoms with Crippen LogP contribution in [0.15, 0.2) is 0 Å². The van der Waals surface area contributed by atoms with Gasteiger partial charge in [0.25, 0.3) is 0 Å². The van der Waals surface area contributed by atoms with E-state index in [-0.39, 0.29) is 6.67 Å². The quantitative estimate of drug-likeness (QED) is 0.579. The lowest BCUT2D eigenvalue weighted by Crippen LogP contribution is -2.50. The summed E-state index contributed by atoms with van der Waals surface area (Å²) in [5.74, 6) is 0. The molecule has 0 spiro atoms. The van der Waals surface area contributed by atoms with Gasteiger partial charge in [0, 0.05) is 35.3 Å². The van der Waals surface area contributed by atoms with Gasteiger partial charge in [0.05, 0.1) is 0 Å². The molecule has 62 valence electrons. The summed E-state index contributed by atoms with van der Waals surface area (Å²) in [5, 5.41) is 0. The Hall–Kier alpha value is -0.390. The van der Waals surface area contributed by atoms with Gasteiger partial charge in [-0.15, -0.1) is 4.42 Å². The molecule has 5 nitrogen and oxygen atoms in total. The average molecular weight is 218 g/mol. The van der Waals surface area contributed by atoms with Crippen LogP contribution in [0.3, 0.4) is 0 Å². The molecule has 0 bridgehead atoms. The van der Waals surface area contributed by atoms with Crippen molar-refractivity contribution in [1.29, 1.82) is 0 Å². The van der Waals surface area contributed by atoms with Crippen molar-refractivity contribution in [1.82, 2.24) is 13.3 Å². The van der Waals surface area contributed by atoms with Crippen molar-refractivity contribution in [2.45, 2.75) is 0 Å². The number of nitrogens with zero attached hydrogens (tertiary/aromatic N) is 3. The van der Waals surface area contributed by atoms with Crippen LogP contribution < -0.4 is 0 Å². The van der Waals surface area contributed by atoms with Crippen molar-refractivity contribution in [3.05, 3.63) is 0 Å². The summed E-state index contributed by atoms with van der Waals surface area (Å²) in [5.41, 5.74) is 0. The molecule has 1 aliphatic heterocycles. The fourth-order valence-electron chi connectivity index (χ4n) is 0.502. The third-order valence-electron chi connectivity index (χ3n) is 0.999. The van der Waals surface area contributed by atoms with E-state index in [0.717, 1.165) is 0 Å². The standard InChI is InChI=1S/C3H2Cl3N3O2/c4-7-1-8(5)3(11)9(6)2(7)10/h1H2. The summed E-state index contributed by atoms with van der Waals surface area (Å²) < 4.78 is 1.66. The van der Waals surface area contributed by atoms with E-state index >= 15 is 0 Å². The van der Waals surface area contributed by atoms with Crippen LogP contribution in [0.5, 0.6) is 0 Å². The Morgan fingerprint density at radius 1 is 1.00 bits per heavy atom. The number of halogens is 3. The van der Waals surface area contributed by atoms with E-state index in [2.05, 4.69) is 0 Å². The Morgan fingerprint density at radius 3 is 1.73 bits per heavy atom. The normalized spacial score (nSPS) is 19.7. The number of urea groups is 2. The number of carbonyl (C=O) groups excluding carboxylic acids is 2. The van der Waals surface area contributed by atoms with E-state index in [1.807, 2.05) is 0 Å². The van der Waals surface area contributed by atoms with Crippen LogP contribution in [-0.4, -0.2) is 32.0 Å². The second kappa shape index (κ2) is 2.92. The zero-order chi connectivity index (χ0) is 8.59. The number of rotatable bonds is 0. The third kappa shape index (κ3) is 1.45. The van der Waals surface area contributed by atoms with E-state index in [1.165, 1.54) is 0 Å². The molecule has 0 unspecified atom stereocenters. The van der Waals surface area contributed by atoms with Crippen LogP contribution in [0.25, 0.3) is 0 Å². The van der Waals surface area contributed by atoms with Crippen LogP contribution in [0, 0.1) is 0 Å². The summed E-state index contributed by atoms with van der Waals surface area (Å²) in [6.07, 6.45) is 0. The Labute approximate surface area is 77.3 Å². The Kier molecular flexibility index (Phi) is 2.31. The van der Waals surface area contributed by atoms with Gasteiger partial charge in [-0.25, -0.2) is 18.4 Å². The molecule has 1 rings (SSSR count). The molecule has 4 amide bonds. The molecule has 8 heteroatoms. The molecule has 0 aromatic heterocycles. The smallest absolute Gasteiger partial charge is 0.245 e. The Bertz CT molecular complexity index is 190. The van der Waals surface area contributed by atoms with Crippen molar-refractivity contribution in [2.75, 3.05) is 6.67 Å². The molecular weight excluding hydrogens is 216 g/mol. The van der Waals surface area contributed by atoms with E-state index in [9.17, 15) is 9.59 Å². The lowest BCUT2D eigenvalue weighted by Gasteiger charge is -2.29. The minimum Gasteiger partial charge on any atom is -0.245 e. The van der Waals surface area contributed by atoms with Gasteiger partial charge in [0.15, 0.2) is 0 Å². The van der Waals surface area contributed by atoms with Gasteiger partial charge >= 0.3 is 12.1 Å². The lowest BCUT2D eigenvalue weighted by atomic mass is 10.7.